The highest BCUT2D eigenvalue weighted by Crippen LogP contribution is 2.51. The Morgan fingerprint density at radius 2 is 0.979 bits per heavy atom. The molecule has 0 fully saturated rings. The van der Waals surface area contributed by atoms with Crippen LogP contribution in [0.15, 0.2) is 158 Å². The number of nitrogens with zero attached hydrogens (tertiary/aromatic N) is 4. The average molecular weight is 599 g/mol. The molecule has 0 spiro atoms. The Bertz CT molecular complexity index is 2650. The molecule has 0 unspecified atom stereocenters. The number of rotatable bonds is 4. The number of hydrogen-bond donors (Lipinski definition) is 0. The summed E-state index contributed by atoms with van der Waals surface area (Å²) in [5.41, 5.74) is 11.4. The quantitative estimate of drug-likeness (QED) is 0.202. The first-order valence-corrected chi connectivity index (χ1v) is 15.9. The Morgan fingerprint density at radius 1 is 0.383 bits per heavy atom. The van der Waals surface area contributed by atoms with E-state index in [2.05, 4.69) is 138 Å². The molecule has 1 aliphatic carbocycles. The van der Waals surface area contributed by atoms with Gasteiger partial charge in [-0.25, -0.2) is 4.98 Å². The molecule has 2 aromatic heterocycles. The van der Waals surface area contributed by atoms with Crippen LogP contribution in [0.25, 0.3) is 94.7 Å². The van der Waals surface area contributed by atoms with Crippen molar-refractivity contribution in [3.8, 4) is 62.1 Å². The fourth-order valence-corrected chi connectivity index (χ4v) is 7.29. The molecule has 1 aliphatic rings. The van der Waals surface area contributed by atoms with Gasteiger partial charge in [-0.05, 0) is 44.7 Å². The third-order valence-corrected chi connectivity index (χ3v) is 9.41. The maximum Gasteiger partial charge on any atom is 0.238 e. The smallest absolute Gasteiger partial charge is 0.238 e. The van der Waals surface area contributed by atoms with Crippen molar-refractivity contribution in [1.29, 1.82) is 0 Å². The zero-order chi connectivity index (χ0) is 30.9. The highest BCUT2D eigenvalue weighted by atomic mass is 15.2. The van der Waals surface area contributed by atoms with E-state index in [9.17, 15) is 0 Å². The second-order valence-electron chi connectivity index (χ2n) is 12.0. The van der Waals surface area contributed by atoms with Crippen LogP contribution in [0.5, 0.6) is 0 Å². The third kappa shape index (κ3) is 3.92. The highest BCUT2D eigenvalue weighted by molar-refractivity contribution is 6.24. The van der Waals surface area contributed by atoms with Crippen molar-refractivity contribution in [1.82, 2.24) is 19.5 Å². The van der Waals surface area contributed by atoms with Crippen molar-refractivity contribution >= 4 is 32.6 Å². The second-order valence-corrected chi connectivity index (χ2v) is 12.0. The van der Waals surface area contributed by atoms with Gasteiger partial charge in [-0.3, -0.25) is 4.57 Å². The van der Waals surface area contributed by atoms with Gasteiger partial charge >= 0.3 is 0 Å². The molecule has 9 aromatic rings. The minimum Gasteiger partial charge on any atom is -0.277 e. The molecule has 10 rings (SSSR count). The van der Waals surface area contributed by atoms with E-state index in [-0.39, 0.29) is 0 Å². The zero-order valence-corrected chi connectivity index (χ0v) is 25.3. The summed E-state index contributed by atoms with van der Waals surface area (Å²) in [7, 11) is 0. The van der Waals surface area contributed by atoms with Crippen molar-refractivity contribution in [2.24, 2.45) is 0 Å². The molecular formula is C43H26N4. The number of aromatic nitrogens is 4. The summed E-state index contributed by atoms with van der Waals surface area (Å²) in [4.78, 5) is 15.5. The Balaban J connectivity index is 1.27. The minimum absolute atomic E-state index is 0.601. The molecule has 0 saturated carbocycles. The largest absolute Gasteiger partial charge is 0.277 e. The number of benzene rings is 7. The van der Waals surface area contributed by atoms with Crippen LogP contribution in [0.3, 0.4) is 0 Å². The van der Waals surface area contributed by atoms with E-state index in [1.807, 2.05) is 24.3 Å². The summed E-state index contributed by atoms with van der Waals surface area (Å²) in [5.74, 6) is 1.88. The van der Waals surface area contributed by atoms with E-state index < -0.39 is 0 Å². The van der Waals surface area contributed by atoms with Gasteiger partial charge < -0.3 is 0 Å². The van der Waals surface area contributed by atoms with E-state index in [0.717, 1.165) is 27.7 Å². The molecular weight excluding hydrogens is 573 g/mol. The van der Waals surface area contributed by atoms with Gasteiger partial charge in [0.1, 0.15) is 0 Å². The summed E-state index contributed by atoms with van der Waals surface area (Å²) in [6.07, 6.45) is 0. The maximum absolute atomic E-state index is 5.24. The van der Waals surface area contributed by atoms with Crippen molar-refractivity contribution in [3.05, 3.63) is 158 Å². The predicted molar refractivity (Wildman–Crippen MR) is 192 cm³/mol. The SMILES string of the molecule is c1ccc(-c2ccc(-c3nc(-c4ccccc4)nc(-n4c5ccccc5c5ccc6c(c54)-c4cccc5cccc-6c45)n3)cc2)cc1. The molecule has 2 heterocycles. The molecule has 7 aromatic carbocycles. The van der Waals surface area contributed by atoms with Crippen molar-refractivity contribution in [3.63, 3.8) is 0 Å². The highest BCUT2D eigenvalue weighted by Gasteiger charge is 2.27. The van der Waals surface area contributed by atoms with Crippen molar-refractivity contribution < 1.29 is 0 Å². The number of fused-ring (bicyclic) bond motifs is 7. The molecule has 0 radical (unpaired) electrons. The van der Waals surface area contributed by atoms with Crippen molar-refractivity contribution in [2.75, 3.05) is 0 Å². The molecule has 4 nitrogen and oxygen atoms in total. The zero-order valence-electron chi connectivity index (χ0n) is 25.3. The first-order valence-electron chi connectivity index (χ1n) is 15.9. The van der Waals surface area contributed by atoms with E-state index in [4.69, 9.17) is 15.0 Å². The normalized spacial score (nSPS) is 11.8. The number of para-hydroxylation sites is 1. The summed E-state index contributed by atoms with van der Waals surface area (Å²) in [6.45, 7) is 0. The van der Waals surface area contributed by atoms with Crippen LogP contribution in [0, 0.1) is 0 Å². The molecule has 0 N–H and O–H groups in total. The Morgan fingerprint density at radius 3 is 1.72 bits per heavy atom. The second kappa shape index (κ2) is 10.1. The fraction of sp³-hybridized carbons (Fsp3) is 0. The fourth-order valence-electron chi connectivity index (χ4n) is 7.29. The van der Waals surface area contributed by atoms with Gasteiger partial charge in [0.25, 0.3) is 0 Å². The maximum atomic E-state index is 5.24. The van der Waals surface area contributed by atoms with Gasteiger partial charge in [0.2, 0.25) is 5.95 Å². The Hall–Kier alpha value is -6.39. The molecule has 4 heteroatoms. The first-order chi connectivity index (χ1) is 23.3. The lowest BCUT2D eigenvalue weighted by atomic mass is 10.0. The Kier molecular flexibility index (Phi) is 5.54. The van der Waals surface area contributed by atoms with Gasteiger partial charge in [-0.2, -0.15) is 9.97 Å². The average Bonchev–Trinajstić information content (AvgIpc) is 3.66. The van der Waals surface area contributed by atoms with E-state index in [0.29, 0.717) is 17.6 Å². The third-order valence-electron chi connectivity index (χ3n) is 9.41. The first kappa shape index (κ1) is 25.9. The van der Waals surface area contributed by atoms with E-state index in [1.54, 1.807) is 0 Å². The summed E-state index contributed by atoms with van der Waals surface area (Å²) >= 11 is 0. The lowest BCUT2D eigenvalue weighted by molar-refractivity contribution is 0.954. The summed E-state index contributed by atoms with van der Waals surface area (Å²) in [6, 6.07) is 55.4. The van der Waals surface area contributed by atoms with Crippen molar-refractivity contribution in [2.45, 2.75) is 0 Å². The van der Waals surface area contributed by atoms with Gasteiger partial charge in [-0.1, -0.05) is 152 Å². The van der Waals surface area contributed by atoms with Gasteiger partial charge in [-0.15, -0.1) is 0 Å². The lowest BCUT2D eigenvalue weighted by Gasteiger charge is -2.13. The molecule has 0 aliphatic heterocycles. The van der Waals surface area contributed by atoms with E-state index in [1.165, 1.54) is 49.4 Å². The van der Waals surface area contributed by atoms with Crippen LogP contribution in [0.4, 0.5) is 0 Å². The topological polar surface area (TPSA) is 43.6 Å². The monoisotopic (exact) mass is 598 g/mol. The van der Waals surface area contributed by atoms with Crippen LogP contribution >= 0.6 is 0 Å². The van der Waals surface area contributed by atoms with Gasteiger partial charge in [0, 0.05) is 27.5 Å². The van der Waals surface area contributed by atoms with Crippen LogP contribution in [0.2, 0.25) is 0 Å². The predicted octanol–water partition coefficient (Wildman–Crippen LogP) is 10.8. The molecule has 47 heavy (non-hydrogen) atoms. The molecule has 0 atom stereocenters. The van der Waals surface area contributed by atoms with Crippen LogP contribution in [-0.4, -0.2) is 19.5 Å². The molecule has 218 valence electrons. The molecule has 0 saturated heterocycles. The Labute approximate surface area is 271 Å². The molecule has 0 amide bonds. The lowest BCUT2D eigenvalue weighted by Crippen LogP contribution is -2.07. The summed E-state index contributed by atoms with van der Waals surface area (Å²) in [5, 5.41) is 4.90. The van der Waals surface area contributed by atoms with Gasteiger partial charge in [0.05, 0.1) is 11.0 Å². The van der Waals surface area contributed by atoms with E-state index >= 15 is 0 Å². The van der Waals surface area contributed by atoms with Gasteiger partial charge in [0.15, 0.2) is 11.6 Å². The molecule has 0 bridgehead atoms. The number of hydrogen-bond acceptors (Lipinski definition) is 3. The van der Waals surface area contributed by atoms with Crippen LogP contribution in [0.1, 0.15) is 0 Å². The standard InChI is InChI=1S/C43H26N4/c1-3-11-27(12-4-1)28-21-23-31(24-22-28)42-44-41(30-13-5-2-6-14-30)45-43(46-42)47-37-20-8-7-17-32(37)35-26-25-34-33-18-9-15-29-16-10-19-36(38(29)33)39(34)40(35)47/h1-26H. The minimum atomic E-state index is 0.601. The van der Waals surface area contributed by atoms with Crippen LogP contribution in [-0.2, 0) is 0 Å². The summed E-state index contributed by atoms with van der Waals surface area (Å²) < 4.78 is 2.25. The van der Waals surface area contributed by atoms with Crippen LogP contribution < -0.4 is 0 Å².